The first kappa shape index (κ1) is 10.3. The van der Waals surface area contributed by atoms with E-state index in [9.17, 15) is 19.8 Å². The van der Waals surface area contributed by atoms with Crippen molar-refractivity contribution >= 4 is 22.2 Å². The zero-order chi connectivity index (χ0) is 12.9. The monoisotopic (exact) mass is 246 g/mol. The van der Waals surface area contributed by atoms with Crippen molar-refractivity contribution < 1.29 is 10.2 Å². The standard InChI is InChI=1S/C10H6N4O4/c15-5-1-3-4(2-6(5)16)12-8-7(11-3)9(17)14-10(18)13-8/h1-2,15-16H,(H2,12,13,14,17,18). The summed E-state index contributed by atoms with van der Waals surface area (Å²) < 4.78 is 0. The molecule has 0 amide bonds. The van der Waals surface area contributed by atoms with Crippen molar-refractivity contribution in [1.29, 1.82) is 0 Å². The number of aromatic nitrogens is 4. The van der Waals surface area contributed by atoms with Gasteiger partial charge in [-0.05, 0) is 0 Å². The number of hydrogen-bond acceptors (Lipinski definition) is 6. The van der Waals surface area contributed by atoms with Crippen LogP contribution in [0.3, 0.4) is 0 Å². The average Bonchev–Trinajstić information content (AvgIpc) is 2.29. The van der Waals surface area contributed by atoms with Crippen LogP contribution in [-0.2, 0) is 0 Å². The number of aromatic amines is 2. The van der Waals surface area contributed by atoms with Crippen molar-refractivity contribution in [1.82, 2.24) is 19.9 Å². The molecule has 0 saturated carbocycles. The Hall–Kier alpha value is -2.90. The lowest BCUT2D eigenvalue weighted by Gasteiger charge is -2.02. The maximum absolute atomic E-state index is 11.5. The molecule has 0 aliphatic rings. The highest BCUT2D eigenvalue weighted by Crippen LogP contribution is 2.28. The van der Waals surface area contributed by atoms with E-state index in [1.54, 1.807) is 0 Å². The SMILES string of the molecule is O=c1[nH]c(=O)c2nc3cc(O)c(O)cc3nc2[nH]1. The van der Waals surface area contributed by atoms with Crippen LogP contribution in [0.15, 0.2) is 21.7 Å². The van der Waals surface area contributed by atoms with Gasteiger partial charge in [-0.15, -0.1) is 0 Å². The van der Waals surface area contributed by atoms with Crippen LogP contribution >= 0.6 is 0 Å². The molecule has 0 saturated heterocycles. The molecule has 0 fully saturated rings. The molecule has 0 radical (unpaired) electrons. The topological polar surface area (TPSA) is 132 Å². The number of rotatable bonds is 0. The summed E-state index contributed by atoms with van der Waals surface area (Å²) in [6.45, 7) is 0. The predicted molar refractivity (Wildman–Crippen MR) is 61.6 cm³/mol. The van der Waals surface area contributed by atoms with Gasteiger partial charge in [-0.1, -0.05) is 0 Å². The normalized spacial score (nSPS) is 11.1. The third-order valence-corrected chi connectivity index (χ3v) is 2.43. The molecular formula is C10H6N4O4. The Balaban J connectivity index is 2.55. The zero-order valence-corrected chi connectivity index (χ0v) is 8.76. The minimum absolute atomic E-state index is 0.0151. The molecule has 0 bridgehead atoms. The van der Waals surface area contributed by atoms with Crippen LogP contribution in [0.2, 0.25) is 0 Å². The third-order valence-electron chi connectivity index (χ3n) is 2.43. The lowest BCUT2D eigenvalue weighted by Crippen LogP contribution is -2.23. The molecule has 18 heavy (non-hydrogen) atoms. The van der Waals surface area contributed by atoms with Gasteiger partial charge in [0.25, 0.3) is 5.56 Å². The number of phenols is 2. The van der Waals surface area contributed by atoms with E-state index in [0.29, 0.717) is 0 Å². The Morgan fingerprint density at radius 2 is 1.56 bits per heavy atom. The van der Waals surface area contributed by atoms with E-state index in [1.807, 2.05) is 4.98 Å². The van der Waals surface area contributed by atoms with Gasteiger partial charge in [-0.25, -0.2) is 14.8 Å². The molecule has 8 nitrogen and oxygen atoms in total. The van der Waals surface area contributed by atoms with Crippen LogP contribution in [0.4, 0.5) is 0 Å². The Morgan fingerprint density at radius 1 is 0.944 bits per heavy atom. The van der Waals surface area contributed by atoms with Gasteiger partial charge in [-0.3, -0.25) is 14.8 Å². The van der Waals surface area contributed by atoms with Crippen LogP contribution < -0.4 is 11.2 Å². The summed E-state index contributed by atoms with van der Waals surface area (Å²) in [4.78, 5) is 34.9. The van der Waals surface area contributed by atoms with E-state index in [1.165, 1.54) is 12.1 Å². The first-order chi connectivity index (χ1) is 8.54. The number of nitrogens with zero attached hydrogens (tertiary/aromatic N) is 2. The summed E-state index contributed by atoms with van der Waals surface area (Å²) in [6.07, 6.45) is 0. The zero-order valence-electron chi connectivity index (χ0n) is 8.76. The molecule has 4 N–H and O–H groups in total. The number of nitrogens with one attached hydrogen (secondary N) is 2. The molecule has 3 rings (SSSR count). The highest BCUT2D eigenvalue weighted by atomic mass is 16.3. The van der Waals surface area contributed by atoms with Crippen molar-refractivity contribution in [2.45, 2.75) is 0 Å². The highest BCUT2D eigenvalue weighted by molar-refractivity contribution is 5.85. The van der Waals surface area contributed by atoms with Crippen LogP contribution in [-0.4, -0.2) is 30.1 Å². The molecule has 8 heteroatoms. The Kier molecular flexibility index (Phi) is 1.88. The molecule has 3 aromatic rings. The number of hydrogen-bond donors (Lipinski definition) is 4. The van der Waals surface area contributed by atoms with Crippen molar-refractivity contribution in [3.05, 3.63) is 33.0 Å². The van der Waals surface area contributed by atoms with E-state index in [2.05, 4.69) is 15.0 Å². The summed E-state index contributed by atoms with van der Waals surface area (Å²) in [5, 5.41) is 18.7. The summed E-state index contributed by atoms with van der Waals surface area (Å²) in [7, 11) is 0. The maximum Gasteiger partial charge on any atom is 0.327 e. The van der Waals surface area contributed by atoms with Gasteiger partial charge < -0.3 is 10.2 Å². The first-order valence-electron chi connectivity index (χ1n) is 4.90. The summed E-state index contributed by atoms with van der Waals surface area (Å²) in [6, 6.07) is 2.37. The molecule has 90 valence electrons. The fourth-order valence-electron chi connectivity index (χ4n) is 1.63. The third kappa shape index (κ3) is 1.39. The lowest BCUT2D eigenvalue weighted by molar-refractivity contribution is 0.404. The second-order valence-corrected chi connectivity index (χ2v) is 3.66. The number of benzene rings is 1. The molecule has 2 heterocycles. The second-order valence-electron chi connectivity index (χ2n) is 3.66. The molecule has 1 aromatic carbocycles. The van der Waals surface area contributed by atoms with Crippen molar-refractivity contribution in [3.63, 3.8) is 0 Å². The molecule has 0 aliphatic heterocycles. The van der Waals surface area contributed by atoms with Crippen LogP contribution in [0.25, 0.3) is 22.2 Å². The van der Waals surface area contributed by atoms with E-state index in [-0.39, 0.29) is 33.7 Å². The van der Waals surface area contributed by atoms with Gasteiger partial charge in [0.2, 0.25) is 0 Å². The number of H-pyrrole nitrogens is 2. The first-order valence-corrected chi connectivity index (χ1v) is 4.90. The molecule has 0 aliphatic carbocycles. The number of fused-ring (bicyclic) bond motifs is 2. The quantitative estimate of drug-likeness (QED) is 0.314. The number of aromatic hydroxyl groups is 2. The molecule has 0 spiro atoms. The van der Waals surface area contributed by atoms with Crippen molar-refractivity contribution in [3.8, 4) is 11.5 Å². The van der Waals surface area contributed by atoms with Crippen molar-refractivity contribution in [2.75, 3.05) is 0 Å². The molecule has 2 aromatic heterocycles. The summed E-state index contributed by atoms with van der Waals surface area (Å²) in [5.74, 6) is -0.722. The van der Waals surface area contributed by atoms with Gasteiger partial charge in [0, 0.05) is 12.1 Å². The van der Waals surface area contributed by atoms with Gasteiger partial charge in [0.05, 0.1) is 11.0 Å². The van der Waals surface area contributed by atoms with Crippen LogP contribution in [0.5, 0.6) is 11.5 Å². The fourth-order valence-corrected chi connectivity index (χ4v) is 1.63. The van der Waals surface area contributed by atoms with Gasteiger partial charge in [0.1, 0.15) is 0 Å². The van der Waals surface area contributed by atoms with Gasteiger partial charge in [-0.2, -0.15) is 0 Å². The summed E-state index contributed by atoms with van der Waals surface area (Å²) in [5.41, 5.74) is -0.914. The minimum atomic E-state index is -0.691. The van der Waals surface area contributed by atoms with Gasteiger partial charge >= 0.3 is 5.69 Å². The van der Waals surface area contributed by atoms with E-state index in [4.69, 9.17) is 0 Å². The minimum Gasteiger partial charge on any atom is -0.504 e. The summed E-state index contributed by atoms with van der Waals surface area (Å²) >= 11 is 0. The van der Waals surface area contributed by atoms with Crippen LogP contribution in [0.1, 0.15) is 0 Å². The smallest absolute Gasteiger partial charge is 0.327 e. The largest absolute Gasteiger partial charge is 0.504 e. The molecule has 0 unspecified atom stereocenters. The Bertz CT molecular complexity index is 896. The van der Waals surface area contributed by atoms with Crippen LogP contribution in [0, 0.1) is 0 Å². The van der Waals surface area contributed by atoms with E-state index < -0.39 is 11.2 Å². The number of phenolic OH excluding ortho intramolecular Hbond substituents is 2. The Morgan fingerprint density at radius 3 is 2.22 bits per heavy atom. The van der Waals surface area contributed by atoms with E-state index >= 15 is 0 Å². The van der Waals surface area contributed by atoms with Crippen molar-refractivity contribution in [2.24, 2.45) is 0 Å². The lowest BCUT2D eigenvalue weighted by atomic mass is 10.2. The van der Waals surface area contributed by atoms with E-state index in [0.717, 1.165) is 0 Å². The fraction of sp³-hybridized carbons (Fsp3) is 0. The maximum atomic E-state index is 11.5. The second kappa shape index (κ2) is 3.29. The van der Waals surface area contributed by atoms with Gasteiger partial charge in [0.15, 0.2) is 22.7 Å². The predicted octanol–water partition coefficient (Wildman–Crippen LogP) is -0.429. The average molecular weight is 246 g/mol. The molecule has 0 atom stereocenters. The molecular weight excluding hydrogens is 240 g/mol. The Labute approximate surface area is 97.6 Å². The highest BCUT2D eigenvalue weighted by Gasteiger charge is 2.09.